The van der Waals surface area contributed by atoms with Crippen molar-refractivity contribution in [2.45, 2.75) is 64.0 Å². The maximum Gasteiger partial charge on any atom is 0.221 e. The lowest BCUT2D eigenvalue weighted by atomic mass is 9.93. The van der Waals surface area contributed by atoms with Crippen molar-refractivity contribution in [3.8, 4) is 0 Å². The molecule has 2 atom stereocenters. The van der Waals surface area contributed by atoms with Gasteiger partial charge in [0.2, 0.25) is 5.91 Å². The normalized spacial score (nSPS) is 27.5. The van der Waals surface area contributed by atoms with Crippen molar-refractivity contribution in [2.75, 3.05) is 19.8 Å². The third-order valence-electron chi connectivity index (χ3n) is 4.43. The van der Waals surface area contributed by atoms with Crippen LogP contribution in [-0.2, 0) is 9.53 Å². The van der Waals surface area contributed by atoms with Crippen LogP contribution in [0.1, 0.15) is 51.9 Å². The van der Waals surface area contributed by atoms with Crippen LogP contribution in [0.3, 0.4) is 0 Å². The molecule has 2 N–H and O–H groups in total. The Kier molecular flexibility index (Phi) is 6.11. The van der Waals surface area contributed by atoms with Crippen molar-refractivity contribution in [3.63, 3.8) is 0 Å². The maximum atomic E-state index is 12.0. The van der Waals surface area contributed by atoms with E-state index in [9.17, 15) is 4.79 Å². The molecule has 1 heterocycles. The zero-order chi connectivity index (χ0) is 13.5. The van der Waals surface area contributed by atoms with Crippen LogP contribution in [0.5, 0.6) is 0 Å². The van der Waals surface area contributed by atoms with Crippen molar-refractivity contribution in [1.82, 2.24) is 10.6 Å². The van der Waals surface area contributed by atoms with Crippen LogP contribution in [0, 0.1) is 5.92 Å². The molecule has 1 saturated heterocycles. The van der Waals surface area contributed by atoms with Gasteiger partial charge in [-0.3, -0.25) is 4.79 Å². The molecule has 0 aromatic heterocycles. The Morgan fingerprint density at radius 1 is 1.32 bits per heavy atom. The Morgan fingerprint density at radius 3 is 2.68 bits per heavy atom. The largest absolute Gasteiger partial charge is 0.378 e. The summed E-state index contributed by atoms with van der Waals surface area (Å²) < 4.78 is 5.38. The standard InChI is InChI=1S/C15H28N2O2/c1-12(13-6-4-2-3-5-7-13)17-15(18)10-14-11-19-9-8-16-14/h12-14,16H,2-11H2,1H3,(H,17,18)/t12-,14?/m0/s1. The lowest BCUT2D eigenvalue weighted by molar-refractivity contribution is -0.123. The molecule has 0 aromatic rings. The summed E-state index contributed by atoms with van der Waals surface area (Å²) in [6.45, 7) is 4.44. The van der Waals surface area contributed by atoms with Crippen molar-refractivity contribution in [3.05, 3.63) is 0 Å². The second-order valence-corrected chi connectivity index (χ2v) is 6.04. The third kappa shape index (κ3) is 5.11. The van der Waals surface area contributed by atoms with Gasteiger partial charge in [0.25, 0.3) is 0 Å². The first kappa shape index (κ1) is 14.8. The lowest BCUT2D eigenvalue weighted by Crippen LogP contribution is -2.46. The Balaban J connectivity index is 1.70. The second-order valence-electron chi connectivity index (χ2n) is 6.04. The SMILES string of the molecule is C[C@H](NC(=O)CC1COCCN1)C1CCCCCC1. The molecule has 4 nitrogen and oxygen atoms in total. The van der Waals surface area contributed by atoms with Gasteiger partial charge in [-0.15, -0.1) is 0 Å². The highest BCUT2D eigenvalue weighted by Crippen LogP contribution is 2.25. The number of carbonyl (C=O) groups is 1. The summed E-state index contributed by atoms with van der Waals surface area (Å²) in [5, 5.41) is 6.52. The van der Waals surface area contributed by atoms with Crippen molar-refractivity contribution >= 4 is 5.91 Å². The van der Waals surface area contributed by atoms with E-state index in [0.717, 1.165) is 13.2 Å². The quantitative estimate of drug-likeness (QED) is 0.765. The van der Waals surface area contributed by atoms with E-state index in [-0.39, 0.29) is 11.9 Å². The summed E-state index contributed by atoms with van der Waals surface area (Å²) in [5.41, 5.74) is 0. The van der Waals surface area contributed by atoms with Crippen LogP contribution < -0.4 is 10.6 Å². The van der Waals surface area contributed by atoms with Gasteiger partial charge in [-0.05, 0) is 25.7 Å². The lowest BCUT2D eigenvalue weighted by Gasteiger charge is -2.26. The van der Waals surface area contributed by atoms with Crippen LogP contribution in [-0.4, -0.2) is 37.7 Å². The zero-order valence-electron chi connectivity index (χ0n) is 12.1. The predicted molar refractivity (Wildman–Crippen MR) is 76.0 cm³/mol. The van der Waals surface area contributed by atoms with E-state index in [1.54, 1.807) is 0 Å². The molecule has 2 fully saturated rings. The molecule has 19 heavy (non-hydrogen) atoms. The van der Waals surface area contributed by atoms with Crippen molar-refractivity contribution < 1.29 is 9.53 Å². The minimum Gasteiger partial charge on any atom is -0.378 e. The van der Waals surface area contributed by atoms with Crippen LogP contribution in [0.2, 0.25) is 0 Å². The minimum atomic E-state index is 0.166. The van der Waals surface area contributed by atoms with Crippen molar-refractivity contribution in [1.29, 1.82) is 0 Å². The molecule has 1 unspecified atom stereocenters. The fraction of sp³-hybridized carbons (Fsp3) is 0.933. The number of rotatable bonds is 4. The highest BCUT2D eigenvalue weighted by atomic mass is 16.5. The Morgan fingerprint density at radius 2 is 2.05 bits per heavy atom. The summed E-state index contributed by atoms with van der Waals surface area (Å²) in [6, 6.07) is 0.505. The molecule has 0 bridgehead atoms. The molecule has 0 spiro atoms. The topological polar surface area (TPSA) is 50.4 Å². The Bertz CT molecular complexity index is 269. The molecule has 1 saturated carbocycles. The summed E-state index contributed by atoms with van der Waals surface area (Å²) in [4.78, 5) is 12.0. The molecular formula is C15H28N2O2. The number of carbonyl (C=O) groups excluding carboxylic acids is 1. The Labute approximate surface area is 116 Å². The van der Waals surface area contributed by atoms with Gasteiger partial charge in [0.1, 0.15) is 0 Å². The first-order valence-electron chi connectivity index (χ1n) is 7.86. The van der Waals surface area contributed by atoms with Crippen LogP contribution >= 0.6 is 0 Å². The molecule has 0 aromatic carbocycles. The van der Waals surface area contributed by atoms with Crippen LogP contribution in [0.15, 0.2) is 0 Å². The first-order valence-corrected chi connectivity index (χ1v) is 7.86. The summed E-state index contributed by atoms with van der Waals surface area (Å²) in [7, 11) is 0. The number of hydrogen-bond acceptors (Lipinski definition) is 3. The molecule has 4 heteroatoms. The fourth-order valence-corrected chi connectivity index (χ4v) is 3.22. The van der Waals surface area contributed by atoms with E-state index >= 15 is 0 Å². The van der Waals surface area contributed by atoms with Crippen LogP contribution in [0.25, 0.3) is 0 Å². The number of nitrogens with one attached hydrogen (secondary N) is 2. The van der Waals surface area contributed by atoms with Gasteiger partial charge >= 0.3 is 0 Å². The number of hydrogen-bond donors (Lipinski definition) is 2. The molecule has 2 rings (SSSR count). The van der Waals surface area contributed by atoms with E-state index in [1.807, 2.05) is 0 Å². The number of ether oxygens (including phenoxy) is 1. The minimum absolute atomic E-state index is 0.166. The summed E-state index contributed by atoms with van der Waals surface area (Å²) in [5.74, 6) is 0.835. The van der Waals surface area contributed by atoms with E-state index in [2.05, 4.69) is 17.6 Å². The van der Waals surface area contributed by atoms with Gasteiger partial charge in [-0.2, -0.15) is 0 Å². The van der Waals surface area contributed by atoms with Gasteiger partial charge < -0.3 is 15.4 Å². The van der Waals surface area contributed by atoms with Gasteiger partial charge in [0, 0.05) is 25.0 Å². The number of amides is 1. The molecule has 1 aliphatic heterocycles. The second kappa shape index (κ2) is 7.85. The molecular weight excluding hydrogens is 240 g/mol. The van der Waals surface area contributed by atoms with Gasteiger partial charge in [0.05, 0.1) is 13.2 Å². The number of morpholine rings is 1. The monoisotopic (exact) mass is 268 g/mol. The van der Waals surface area contributed by atoms with Gasteiger partial charge in [-0.25, -0.2) is 0 Å². The van der Waals surface area contributed by atoms with E-state index < -0.39 is 0 Å². The van der Waals surface area contributed by atoms with Crippen molar-refractivity contribution in [2.24, 2.45) is 5.92 Å². The molecule has 1 amide bonds. The molecule has 110 valence electrons. The third-order valence-corrected chi connectivity index (χ3v) is 4.43. The first-order chi connectivity index (χ1) is 9.25. The fourth-order valence-electron chi connectivity index (χ4n) is 3.22. The predicted octanol–water partition coefficient (Wildman–Crippen LogP) is 1.84. The summed E-state index contributed by atoms with van der Waals surface area (Å²) >= 11 is 0. The van der Waals surface area contributed by atoms with E-state index in [0.29, 0.717) is 25.0 Å². The highest BCUT2D eigenvalue weighted by Gasteiger charge is 2.22. The highest BCUT2D eigenvalue weighted by molar-refractivity contribution is 5.76. The van der Waals surface area contributed by atoms with E-state index in [1.165, 1.54) is 38.5 Å². The molecule has 0 radical (unpaired) electrons. The van der Waals surface area contributed by atoms with Crippen LogP contribution in [0.4, 0.5) is 0 Å². The van der Waals surface area contributed by atoms with Gasteiger partial charge in [-0.1, -0.05) is 25.7 Å². The zero-order valence-corrected chi connectivity index (χ0v) is 12.1. The molecule has 1 aliphatic carbocycles. The summed E-state index contributed by atoms with van der Waals surface area (Å²) in [6.07, 6.45) is 8.45. The molecule has 2 aliphatic rings. The average molecular weight is 268 g/mol. The average Bonchev–Trinajstić information content (AvgIpc) is 2.68. The maximum absolute atomic E-state index is 12.0. The smallest absolute Gasteiger partial charge is 0.221 e. The van der Waals surface area contributed by atoms with Gasteiger partial charge in [0.15, 0.2) is 0 Å². The van der Waals surface area contributed by atoms with E-state index in [4.69, 9.17) is 4.74 Å². The Hall–Kier alpha value is -0.610.